The van der Waals surface area contributed by atoms with Gasteiger partial charge in [0.15, 0.2) is 5.82 Å². The third kappa shape index (κ3) is 6.30. The second-order valence-corrected chi connectivity index (χ2v) is 8.17. The molecular formula is C24H25F3N6O. The summed E-state index contributed by atoms with van der Waals surface area (Å²) in [7, 11) is 0. The molecule has 1 saturated heterocycles. The first-order valence-electron chi connectivity index (χ1n) is 10.9. The monoisotopic (exact) mass is 470 g/mol. The number of rotatable bonds is 6. The Morgan fingerprint density at radius 1 is 1.09 bits per heavy atom. The molecule has 10 heteroatoms. The van der Waals surface area contributed by atoms with Gasteiger partial charge in [-0.1, -0.05) is 30.3 Å². The molecule has 0 aliphatic carbocycles. The van der Waals surface area contributed by atoms with Crippen molar-refractivity contribution in [3.63, 3.8) is 0 Å². The van der Waals surface area contributed by atoms with Crippen LogP contribution in [0.25, 0.3) is 17.6 Å². The highest BCUT2D eigenvalue weighted by atomic mass is 19.4. The number of hydrogen-bond donors (Lipinski definition) is 1. The zero-order valence-electron chi connectivity index (χ0n) is 18.7. The van der Waals surface area contributed by atoms with Crippen LogP contribution in [0.3, 0.4) is 0 Å². The molecule has 0 bridgehead atoms. The average Bonchev–Trinajstić information content (AvgIpc) is 3.28. The lowest BCUT2D eigenvalue weighted by molar-refractivity contribution is -0.137. The molecule has 178 valence electrons. The first-order valence-corrected chi connectivity index (χ1v) is 10.9. The molecule has 0 saturated carbocycles. The van der Waals surface area contributed by atoms with Crippen molar-refractivity contribution in [2.24, 2.45) is 0 Å². The lowest BCUT2D eigenvalue weighted by atomic mass is 10.1. The highest BCUT2D eigenvalue weighted by Crippen LogP contribution is 2.32. The van der Waals surface area contributed by atoms with Gasteiger partial charge in [0.25, 0.3) is 5.91 Å². The summed E-state index contributed by atoms with van der Waals surface area (Å²) in [5, 5.41) is 6.03. The van der Waals surface area contributed by atoms with Crippen molar-refractivity contribution in [2.75, 3.05) is 26.2 Å². The van der Waals surface area contributed by atoms with Crippen molar-refractivity contribution in [1.29, 1.82) is 0 Å². The Kier molecular flexibility index (Phi) is 7.09. The SMILES string of the molecule is Cc1cc(-c2ncn(/C=C\C(=O)NN3CCN(Cc4ccccc4)CC3)n2)cc(C(F)(F)F)c1. The Labute approximate surface area is 195 Å². The van der Waals surface area contributed by atoms with E-state index in [4.69, 9.17) is 0 Å². The van der Waals surface area contributed by atoms with Crippen LogP contribution >= 0.6 is 0 Å². The lowest BCUT2D eigenvalue weighted by Gasteiger charge is -2.34. The standard InChI is InChI=1S/C24H25F3N6O/c1-18-13-20(15-21(14-18)24(25,26)27)23-28-17-33(30-23)8-7-22(34)29-32-11-9-31(10-12-32)16-19-5-3-2-4-6-19/h2-8,13-15,17H,9-12,16H2,1H3,(H,29,34)/b8-7-. The minimum absolute atomic E-state index is 0.147. The van der Waals surface area contributed by atoms with Gasteiger partial charge in [-0.15, -0.1) is 5.10 Å². The van der Waals surface area contributed by atoms with Crippen molar-refractivity contribution < 1.29 is 18.0 Å². The third-order valence-corrected chi connectivity index (χ3v) is 5.44. The van der Waals surface area contributed by atoms with Crippen LogP contribution in [0.2, 0.25) is 0 Å². The number of nitrogens with zero attached hydrogens (tertiary/aromatic N) is 5. The summed E-state index contributed by atoms with van der Waals surface area (Å²) in [6.07, 6.45) is -0.379. The van der Waals surface area contributed by atoms with Gasteiger partial charge in [-0.3, -0.25) is 15.1 Å². The second-order valence-electron chi connectivity index (χ2n) is 8.17. The fourth-order valence-corrected chi connectivity index (χ4v) is 3.75. The van der Waals surface area contributed by atoms with E-state index in [2.05, 4.69) is 32.5 Å². The van der Waals surface area contributed by atoms with E-state index in [1.165, 1.54) is 28.8 Å². The van der Waals surface area contributed by atoms with E-state index in [1.807, 2.05) is 23.2 Å². The molecule has 1 fully saturated rings. The molecule has 1 aliphatic rings. The third-order valence-electron chi connectivity index (χ3n) is 5.44. The van der Waals surface area contributed by atoms with Gasteiger partial charge < -0.3 is 0 Å². The summed E-state index contributed by atoms with van der Waals surface area (Å²) >= 11 is 0. The lowest BCUT2D eigenvalue weighted by Crippen LogP contribution is -2.52. The summed E-state index contributed by atoms with van der Waals surface area (Å²) in [6, 6.07) is 13.9. The summed E-state index contributed by atoms with van der Waals surface area (Å²) in [5.74, 6) is -0.169. The highest BCUT2D eigenvalue weighted by Gasteiger charge is 2.31. The number of amides is 1. The van der Waals surface area contributed by atoms with Crippen molar-refractivity contribution in [1.82, 2.24) is 30.1 Å². The van der Waals surface area contributed by atoms with Gasteiger partial charge in [-0.05, 0) is 36.2 Å². The highest BCUT2D eigenvalue weighted by molar-refractivity contribution is 5.89. The van der Waals surface area contributed by atoms with Gasteiger partial charge in [0.2, 0.25) is 0 Å². The number of benzene rings is 2. The van der Waals surface area contributed by atoms with E-state index in [0.29, 0.717) is 18.7 Å². The number of halogens is 3. The van der Waals surface area contributed by atoms with Gasteiger partial charge in [0.05, 0.1) is 5.56 Å². The zero-order valence-corrected chi connectivity index (χ0v) is 18.7. The summed E-state index contributed by atoms with van der Waals surface area (Å²) in [4.78, 5) is 18.7. The molecular weight excluding hydrogens is 445 g/mol. The van der Waals surface area contributed by atoms with Gasteiger partial charge in [-0.25, -0.2) is 14.7 Å². The van der Waals surface area contributed by atoms with Crippen LogP contribution in [-0.4, -0.2) is 56.8 Å². The van der Waals surface area contributed by atoms with Crippen LogP contribution in [-0.2, 0) is 17.5 Å². The minimum Gasteiger partial charge on any atom is -0.296 e. The molecule has 2 aromatic carbocycles. The maximum absolute atomic E-state index is 13.1. The molecule has 1 N–H and O–H groups in total. The number of aryl methyl sites for hydroxylation is 1. The largest absolute Gasteiger partial charge is 0.416 e. The molecule has 1 amide bonds. The number of nitrogens with one attached hydrogen (secondary N) is 1. The smallest absolute Gasteiger partial charge is 0.296 e. The minimum atomic E-state index is -4.45. The van der Waals surface area contributed by atoms with Crippen molar-refractivity contribution in [3.05, 3.63) is 77.6 Å². The topological polar surface area (TPSA) is 66.3 Å². The Bertz CT molecular complexity index is 1150. The van der Waals surface area contributed by atoms with E-state index < -0.39 is 11.7 Å². The average molecular weight is 470 g/mol. The number of hydrogen-bond acceptors (Lipinski definition) is 5. The van der Waals surface area contributed by atoms with Crippen LogP contribution in [0.15, 0.2) is 60.9 Å². The van der Waals surface area contributed by atoms with Gasteiger partial charge in [0, 0.05) is 50.6 Å². The molecule has 1 aromatic heterocycles. The van der Waals surface area contributed by atoms with Gasteiger partial charge >= 0.3 is 6.18 Å². The summed E-state index contributed by atoms with van der Waals surface area (Å²) in [5.41, 5.74) is 4.07. The van der Waals surface area contributed by atoms with Gasteiger partial charge in [0.1, 0.15) is 6.33 Å². The maximum atomic E-state index is 13.1. The number of aromatic nitrogens is 3. The van der Waals surface area contributed by atoms with Crippen LogP contribution in [0.1, 0.15) is 16.7 Å². The number of hydrazine groups is 1. The van der Waals surface area contributed by atoms with E-state index >= 15 is 0 Å². The van der Waals surface area contributed by atoms with Crippen LogP contribution in [0.5, 0.6) is 0 Å². The van der Waals surface area contributed by atoms with E-state index in [-0.39, 0.29) is 17.3 Å². The molecule has 7 nitrogen and oxygen atoms in total. The Morgan fingerprint density at radius 2 is 1.82 bits per heavy atom. The molecule has 1 aliphatic heterocycles. The molecule has 0 atom stereocenters. The molecule has 0 radical (unpaired) electrons. The molecule has 0 spiro atoms. The Hall–Kier alpha value is -3.50. The molecule has 4 rings (SSSR count). The number of alkyl halides is 3. The molecule has 34 heavy (non-hydrogen) atoms. The predicted octanol–water partition coefficient (Wildman–Crippen LogP) is 3.59. The number of carbonyl (C=O) groups excluding carboxylic acids is 1. The predicted molar refractivity (Wildman–Crippen MR) is 122 cm³/mol. The zero-order chi connectivity index (χ0) is 24.1. The van der Waals surface area contributed by atoms with E-state index in [0.717, 1.165) is 31.8 Å². The second kappa shape index (κ2) is 10.2. The first-order chi connectivity index (χ1) is 16.3. The molecule has 2 heterocycles. The van der Waals surface area contributed by atoms with E-state index in [9.17, 15) is 18.0 Å². The van der Waals surface area contributed by atoms with Gasteiger partial charge in [-0.2, -0.15) is 13.2 Å². The van der Waals surface area contributed by atoms with E-state index in [1.54, 1.807) is 13.0 Å². The fraction of sp³-hybridized carbons (Fsp3) is 0.292. The van der Waals surface area contributed by atoms with Crippen LogP contribution in [0, 0.1) is 6.92 Å². The van der Waals surface area contributed by atoms with Crippen LogP contribution in [0.4, 0.5) is 13.2 Å². The number of piperazine rings is 1. The van der Waals surface area contributed by atoms with Crippen LogP contribution < -0.4 is 5.43 Å². The molecule has 0 unspecified atom stereocenters. The fourth-order valence-electron chi connectivity index (χ4n) is 3.75. The van der Waals surface area contributed by atoms with Crippen molar-refractivity contribution in [2.45, 2.75) is 19.6 Å². The number of carbonyl (C=O) groups is 1. The quantitative estimate of drug-likeness (QED) is 0.558. The summed E-state index contributed by atoms with van der Waals surface area (Å²) < 4.78 is 40.5. The summed E-state index contributed by atoms with van der Waals surface area (Å²) in [6.45, 7) is 5.54. The van der Waals surface area contributed by atoms with Crippen molar-refractivity contribution in [3.8, 4) is 11.4 Å². The first kappa shape index (κ1) is 23.7. The maximum Gasteiger partial charge on any atom is 0.416 e. The Morgan fingerprint density at radius 3 is 2.53 bits per heavy atom. The normalized spacial score (nSPS) is 15.6. The van der Waals surface area contributed by atoms with Crippen molar-refractivity contribution >= 4 is 12.1 Å². The Balaban J connectivity index is 1.30. The molecule has 3 aromatic rings.